The van der Waals surface area contributed by atoms with Crippen LogP contribution in [0.5, 0.6) is 0 Å². The Morgan fingerprint density at radius 3 is 2.11 bits per heavy atom. The zero-order valence-corrected chi connectivity index (χ0v) is 14.1. The van der Waals surface area contributed by atoms with E-state index in [4.69, 9.17) is 4.98 Å². The average Bonchev–Trinajstić information content (AvgIpc) is 2.68. The minimum Gasteiger partial charge on any atom is -0.391 e. The van der Waals surface area contributed by atoms with Crippen molar-refractivity contribution in [2.45, 2.75) is 66.5 Å². The lowest BCUT2D eigenvalue weighted by atomic mass is 9.91. The second-order valence-electron chi connectivity index (χ2n) is 6.82. The molecule has 19 heavy (non-hydrogen) atoms. The van der Waals surface area contributed by atoms with Crippen LogP contribution >= 0.6 is 11.3 Å². The molecule has 1 aromatic rings. The van der Waals surface area contributed by atoms with Gasteiger partial charge >= 0.3 is 0 Å². The third kappa shape index (κ3) is 4.18. The van der Waals surface area contributed by atoms with Gasteiger partial charge in [-0.3, -0.25) is 0 Å². The molecule has 4 heteroatoms. The summed E-state index contributed by atoms with van der Waals surface area (Å²) in [4.78, 5) is 8.15. The van der Waals surface area contributed by atoms with Gasteiger partial charge in [0.1, 0.15) is 0 Å². The van der Waals surface area contributed by atoms with Crippen molar-refractivity contribution >= 4 is 16.5 Å². The molecule has 0 aliphatic carbocycles. The molecule has 1 rings (SSSR count). The molecular weight excluding hydrogens is 256 g/mol. The average molecular weight is 284 g/mol. The van der Waals surface area contributed by atoms with Crippen LogP contribution in [0.4, 0.5) is 5.13 Å². The van der Waals surface area contributed by atoms with E-state index in [1.807, 2.05) is 0 Å². The van der Waals surface area contributed by atoms with E-state index in [1.165, 1.54) is 0 Å². The fourth-order valence-corrected chi connectivity index (χ4v) is 3.33. The number of hydrogen-bond donors (Lipinski definition) is 1. The molecule has 0 spiro atoms. The van der Waals surface area contributed by atoms with Gasteiger partial charge in [0, 0.05) is 18.0 Å². The van der Waals surface area contributed by atoms with E-state index in [-0.39, 0.29) is 12.0 Å². The topological polar surface area (TPSA) is 36.4 Å². The predicted octanol–water partition coefficient (Wildman–Crippen LogP) is 3.80. The fraction of sp³-hybridized carbons (Fsp3) is 0.800. The van der Waals surface area contributed by atoms with Gasteiger partial charge in [-0.2, -0.15) is 0 Å². The molecule has 0 aliphatic heterocycles. The zero-order chi connectivity index (χ0) is 14.8. The molecule has 0 saturated heterocycles. The summed E-state index contributed by atoms with van der Waals surface area (Å²) in [5.41, 5.74) is 1.01. The van der Waals surface area contributed by atoms with Crippen LogP contribution in [0.2, 0.25) is 0 Å². The van der Waals surface area contributed by atoms with E-state index in [9.17, 15) is 5.11 Å². The summed E-state index contributed by atoms with van der Waals surface area (Å²) < 4.78 is 0. The van der Waals surface area contributed by atoms with E-state index in [1.54, 1.807) is 11.3 Å². The Kier molecular flexibility index (Phi) is 5.39. The number of anilines is 1. The molecule has 1 heterocycles. The molecule has 0 atom stereocenters. The molecule has 0 unspecified atom stereocenters. The summed E-state index contributed by atoms with van der Waals surface area (Å²) in [5.74, 6) is 0.599. The maximum absolute atomic E-state index is 9.55. The molecule has 0 bridgehead atoms. The second kappa shape index (κ2) is 6.23. The van der Waals surface area contributed by atoms with Gasteiger partial charge in [0.25, 0.3) is 0 Å². The Balaban J connectivity index is 3.15. The van der Waals surface area contributed by atoms with Crippen LogP contribution in [0, 0.1) is 5.92 Å². The summed E-state index contributed by atoms with van der Waals surface area (Å²) >= 11 is 1.63. The summed E-state index contributed by atoms with van der Waals surface area (Å²) in [5, 5.41) is 10.6. The van der Waals surface area contributed by atoms with Gasteiger partial charge in [0.05, 0.1) is 17.2 Å². The van der Waals surface area contributed by atoms with Crippen molar-refractivity contribution in [2.75, 3.05) is 11.4 Å². The standard InChI is InChI=1S/C15H28N2OS/c1-10(2)8-17(11(3)4)14-16-13(15(5,6)7)12(9-18)19-14/h10-11,18H,8-9H2,1-7H3. The Bertz CT molecular complexity index is 405. The van der Waals surface area contributed by atoms with Crippen molar-refractivity contribution < 1.29 is 5.11 Å². The molecule has 0 saturated carbocycles. The summed E-state index contributed by atoms with van der Waals surface area (Å²) in [6, 6.07) is 0.424. The molecule has 1 N–H and O–H groups in total. The van der Waals surface area contributed by atoms with Crippen molar-refractivity contribution in [1.29, 1.82) is 0 Å². The summed E-state index contributed by atoms with van der Waals surface area (Å²) in [6.45, 7) is 16.4. The lowest BCUT2D eigenvalue weighted by molar-refractivity contribution is 0.282. The first-order valence-electron chi connectivity index (χ1n) is 7.04. The van der Waals surface area contributed by atoms with E-state index >= 15 is 0 Å². The van der Waals surface area contributed by atoms with E-state index in [0.29, 0.717) is 12.0 Å². The maximum Gasteiger partial charge on any atom is 0.186 e. The van der Waals surface area contributed by atoms with Crippen molar-refractivity contribution in [3.63, 3.8) is 0 Å². The number of aromatic nitrogens is 1. The van der Waals surface area contributed by atoms with Gasteiger partial charge < -0.3 is 10.0 Å². The third-order valence-corrected chi connectivity index (χ3v) is 4.05. The van der Waals surface area contributed by atoms with Crippen molar-refractivity contribution in [1.82, 2.24) is 4.98 Å². The van der Waals surface area contributed by atoms with Crippen LogP contribution in [0.3, 0.4) is 0 Å². The SMILES string of the molecule is CC(C)CN(c1nc(C(C)(C)C)c(CO)s1)C(C)C. The minimum absolute atomic E-state index is 0.0205. The fourth-order valence-electron chi connectivity index (χ4n) is 2.06. The zero-order valence-electron chi connectivity index (χ0n) is 13.3. The highest BCUT2D eigenvalue weighted by Crippen LogP contribution is 2.34. The van der Waals surface area contributed by atoms with E-state index in [0.717, 1.165) is 22.2 Å². The van der Waals surface area contributed by atoms with Crippen molar-refractivity contribution in [2.24, 2.45) is 5.92 Å². The smallest absolute Gasteiger partial charge is 0.186 e. The number of nitrogens with zero attached hydrogens (tertiary/aromatic N) is 2. The molecule has 110 valence electrons. The monoisotopic (exact) mass is 284 g/mol. The first kappa shape index (κ1) is 16.4. The number of aliphatic hydroxyl groups excluding tert-OH is 1. The number of rotatable bonds is 5. The molecule has 0 amide bonds. The molecule has 0 radical (unpaired) electrons. The molecule has 3 nitrogen and oxygen atoms in total. The van der Waals surface area contributed by atoms with E-state index < -0.39 is 0 Å². The second-order valence-corrected chi connectivity index (χ2v) is 7.88. The normalized spacial score (nSPS) is 12.5. The maximum atomic E-state index is 9.55. The Morgan fingerprint density at radius 2 is 1.79 bits per heavy atom. The highest BCUT2D eigenvalue weighted by molar-refractivity contribution is 7.15. The van der Waals surface area contributed by atoms with Gasteiger partial charge in [-0.25, -0.2) is 4.98 Å². The summed E-state index contributed by atoms with van der Waals surface area (Å²) in [7, 11) is 0. The molecule has 0 fully saturated rings. The first-order valence-corrected chi connectivity index (χ1v) is 7.86. The van der Waals surface area contributed by atoms with Crippen molar-refractivity contribution in [3.05, 3.63) is 10.6 Å². The molecular formula is C15H28N2OS. The highest BCUT2D eigenvalue weighted by atomic mass is 32.1. The Hall–Kier alpha value is -0.610. The van der Waals surface area contributed by atoms with Crippen LogP contribution < -0.4 is 4.90 Å². The van der Waals surface area contributed by atoms with Crippen LogP contribution in [-0.4, -0.2) is 22.7 Å². The molecule has 0 aromatic carbocycles. The Morgan fingerprint density at radius 1 is 1.21 bits per heavy atom. The Labute approximate surface area is 121 Å². The van der Waals surface area contributed by atoms with E-state index in [2.05, 4.69) is 53.4 Å². The highest BCUT2D eigenvalue weighted by Gasteiger charge is 2.25. The van der Waals surface area contributed by atoms with Crippen LogP contribution in [-0.2, 0) is 12.0 Å². The first-order chi connectivity index (χ1) is 8.66. The number of aliphatic hydroxyl groups is 1. The van der Waals surface area contributed by atoms with Gasteiger partial charge in [-0.15, -0.1) is 0 Å². The summed E-state index contributed by atoms with van der Waals surface area (Å²) in [6.07, 6.45) is 0. The predicted molar refractivity (Wildman–Crippen MR) is 84.1 cm³/mol. The quantitative estimate of drug-likeness (QED) is 0.893. The van der Waals surface area contributed by atoms with Crippen molar-refractivity contribution in [3.8, 4) is 0 Å². The van der Waals surface area contributed by atoms with Gasteiger partial charge in [0.15, 0.2) is 5.13 Å². The minimum atomic E-state index is -0.0205. The number of hydrogen-bond acceptors (Lipinski definition) is 4. The van der Waals surface area contributed by atoms with Gasteiger partial charge in [0.2, 0.25) is 0 Å². The van der Waals surface area contributed by atoms with Gasteiger partial charge in [-0.1, -0.05) is 46.0 Å². The van der Waals surface area contributed by atoms with Crippen LogP contribution in [0.15, 0.2) is 0 Å². The molecule has 1 aromatic heterocycles. The largest absolute Gasteiger partial charge is 0.391 e. The lowest BCUT2D eigenvalue weighted by Crippen LogP contribution is -2.34. The number of thiazole rings is 1. The molecule has 0 aliphatic rings. The van der Waals surface area contributed by atoms with Crippen LogP contribution in [0.25, 0.3) is 0 Å². The van der Waals surface area contributed by atoms with Crippen LogP contribution in [0.1, 0.15) is 59.0 Å². The lowest BCUT2D eigenvalue weighted by Gasteiger charge is -2.28. The third-order valence-electron chi connectivity index (χ3n) is 2.97. The van der Waals surface area contributed by atoms with Gasteiger partial charge in [-0.05, 0) is 19.8 Å².